The van der Waals surface area contributed by atoms with Crippen LogP contribution < -0.4 is 10.1 Å². The van der Waals surface area contributed by atoms with Crippen LogP contribution in [0.2, 0.25) is 5.02 Å². The predicted octanol–water partition coefficient (Wildman–Crippen LogP) is 6.95. The number of hydrogen-bond acceptors (Lipinski definition) is 7. The van der Waals surface area contributed by atoms with Crippen molar-refractivity contribution in [3.63, 3.8) is 0 Å². The van der Waals surface area contributed by atoms with Crippen LogP contribution in [0.4, 0.5) is 5.69 Å². The number of hydrogen-bond donors (Lipinski definition) is 1. The minimum Gasteiger partial charge on any atom is -0.494 e. The summed E-state index contributed by atoms with van der Waals surface area (Å²) in [7, 11) is 0. The van der Waals surface area contributed by atoms with Crippen LogP contribution >= 0.6 is 34.7 Å². The van der Waals surface area contributed by atoms with Crippen LogP contribution in [-0.2, 0) is 4.79 Å². The van der Waals surface area contributed by atoms with E-state index >= 15 is 0 Å². The minimum atomic E-state index is -0.542. The first kappa shape index (κ1) is 22.9. The van der Waals surface area contributed by atoms with Crippen LogP contribution in [0.1, 0.15) is 18.2 Å². The van der Waals surface area contributed by atoms with Gasteiger partial charge < -0.3 is 14.5 Å². The van der Waals surface area contributed by atoms with Crippen LogP contribution in [0.25, 0.3) is 16.3 Å². The Balaban J connectivity index is 1.47. The largest absolute Gasteiger partial charge is 0.494 e. The quantitative estimate of drug-likeness (QED) is 0.220. The summed E-state index contributed by atoms with van der Waals surface area (Å²) in [4.78, 5) is 17.1. The second kappa shape index (κ2) is 10.1. The normalized spacial score (nSPS) is 11.4. The van der Waals surface area contributed by atoms with Crippen molar-refractivity contribution in [2.75, 3.05) is 11.9 Å². The van der Waals surface area contributed by atoms with Gasteiger partial charge in [-0.25, -0.2) is 4.98 Å². The van der Waals surface area contributed by atoms with Gasteiger partial charge in [-0.15, -0.1) is 11.3 Å². The molecular weight excluding hydrogens is 478 g/mol. The van der Waals surface area contributed by atoms with Crippen LogP contribution in [0.15, 0.2) is 68.0 Å². The van der Waals surface area contributed by atoms with Gasteiger partial charge in [-0.1, -0.05) is 17.7 Å². The number of nitrogens with one attached hydrogen (secondary N) is 1. The number of fused-ring (bicyclic) bond motifs is 1. The molecule has 4 aromatic rings. The maximum Gasteiger partial charge on any atom is 0.266 e. The van der Waals surface area contributed by atoms with E-state index in [0.29, 0.717) is 28.2 Å². The lowest BCUT2D eigenvalue weighted by molar-refractivity contribution is -0.112. The molecule has 2 aromatic carbocycles. The summed E-state index contributed by atoms with van der Waals surface area (Å²) >= 11 is 9.01. The molecule has 0 unspecified atom stereocenters. The second-order valence-electron chi connectivity index (χ2n) is 6.89. The van der Waals surface area contributed by atoms with Crippen molar-refractivity contribution in [1.29, 1.82) is 5.26 Å². The van der Waals surface area contributed by atoms with E-state index in [0.717, 1.165) is 25.9 Å². The molecule has 33 heavy (non-hydrogen) atoms. The fourth-order valence-corrected chi connectivity index (χ4v) is 5.08. The molecule has 9 heteroatoms. The number of aromatic nitrogens is 1. The van der Waals surface area contributed by atoms with Crippen molar-refractivity contribution in [2.24, 2.45) is 0 Å². The minimum absolute atomic E-state index is 0.0824. The van der Waals surface area contributed by atoms with E-state index in [-0.39, 0.29) is 5.57 Å². The molecule has 2 aromatic heterocycles. The maximum absolute atomic E-state index is 12.5. The van der Waals surface area contributed by atoms with E-state index in [2.05, 4.69) is 10.3 Å². The molecule has 0 spiro atoms. The first-order valence-corrected chi connectivity index (χ1v) is 12.0. The van der Waals surface area contributed by atoms with Gasteiger partial charge in [0.05, 0.1) is 16.8 Å². The van der Waals surface area contributed by atoms with E-state index in [4.69, 9.17) is 20.8 Å². The maximum atomic E-state index is 12.5. The number of benzene rings is 2. The summed E-state index contributed by atoms with van der Waals surface area (Å²) < 4.78 is 13.2. The highest BCUT2D eigenvalue weighted by Gasteiger charge is 2.13. The van der Waals surface area contributed by atoms with Crippen LogP contribution in [-0.4, -0.2) is 17.5 Å². The molecule has 4 rings (SSSR count). The number of amides is 1. The second-order valence-corrected chi connectivity index (χ2v) is 9.58. The van der Waals surface area contributed by atoms with Gasteiger partial charge >= 0.3 is 0 Å². The number of carbonyl (C=O) groups is 1. The summed E-state index contributed by atoms with van der Waals surface area (Å²) in [5.41, 5.74) is 2.21. The van der Waals surface area contributed by atoms with Gasteiger partial charge in [0.2, 0.25) is 0 Å². The van der Waals surface area contributed by atoms with Crippen molar-refractivity contribution < 1.29 is 13.9 Å². The van der Waals surface area contributed by atoms with E-state index in [9.17, 15) is 10.1 Å². The lowest BCUT2D eigenvalue weighted by Crippen LogP contribution is -2.13. The highest BCUT2D eigenvalue weighted by molar-refractivity contribution is 8.01. The monoisotopic (exact) mass is 495 g/mol. The van der Waals surface area contributed by atoms with Gasteiger partial charge in [-0.3, -0.25) is 4.79 Å². The molecule has 0 radical (unpaired) electrons. The molecule has 0 bridgehead atoms. The van der Waals surface area contributed by atoms with Gasteiger partial charge in [0.15, 0.2) is 9.43 Å². The highest BCUT2D eigenvalue weighted by Crippen LogP contribution is 2.36. The molecule has 0 aliphatic carbocycles. The SMILES string of the molecule is CCOc1ccc2nc(Sc3ccc(/C=C(\C#N)C(=O)Nc4ccc(C)c(Cl)c4)o3)sc2c1. The molecule has 0 saturated carbocycles. The Hall–Kier alpha value is -3.25. The smallest absolute Gasteiger partial charge is 0.266 e. The zero-order valence-electron chi connectivity index (χ0n) is 17.7. The van der Waals surface area contributed by atoms with Gasteiger partial charge in [0.25, 0.3) is 5.91 Å². The van der Waals surface area contributed by atoms with Gasteiger partial charge in [0, 0.05) is 16.8 Å². The highest BCUT2D eigenvalue weighted by atomic mass is 35.5. The molecule has 0 atom stereocenters. The fraction of sp³-hybridized carbons (Fsp3) is 0.125. The number of nitrogens with zero attached hydrogens (tertiary/aromatic N) is 2. The van der Waals surface area contributed by atoms with E-state index in [1.54, 1.807) is 30.3 Å². The topological polar surface area (TPSA) is 88.1 Å². The third-order valence-electron chi connectivity index (χ3n) is 4.52. The average Bonchev–Trinajstić information content (AvgIpc) is 3.40. The molecule has 0 aliphatic heterocycles. The van der Waals surface area contributed by atoms with Crippen LogP contribution in [0, 0.1) is 18.3 Å². The Bertz CT molecular complexity index is 1400. The van der Waals surface area contributed by atoms with Crippen molar-refractivity contribution >= 4 is 62.6 Å². The van der Waals surface area contributed by atoms with Crippen LogP contribution in [0.3, 0.4) is 0 Å². The summed E-state index contributed by atoms with van der Waals surface area (Å²) in [6.45, 7) is 4.42. The van der Waals surface area contributed by atoms with Crippen molar-refractivity contribution in [1.82, 2.24) is 4.98 Å². The number of thiazole rings is 1. The zero-order valence-corrected chi connectivity index (χ0v) is 20.1. The molecular formula is C24H18ClN3O3S2. The van der Waals surface area contributed by atoms with E-state index in [1.807, 2.05) is 38.1 Å². The van der Waals surface area contributed by atoms with Crippen molar-refractivity contribution in [3.05, 3.63) is 70.5 Å². The van der Waals surface area contributed by atoms with Gasteiger partial charge in [0.1, 0.15) is 23.2 Å². The molecule has 6 nitrogen and oxygen atoms in total. The number of furan rings is 1. The third-order valence-corrected chi connectivity index (χ3v) is 6.93. The lowest BCUT2D eigenvalue weighted by atomic mass is 10.2. The lowest BCUT2D eigenvalue weighted by Gasteiger charge is -2.05. The zero-order chi connectivity index (χ0) is 23.4. The molecule has 1 N–H and O–H groups in total. The number of halogens is 1. The van der Waals surface area contributed by atoms with Crippen molar-refractivity contribution in [3.8, 4) is 11.8 Å². The van der Waals surface area contributed by atoms with Crippen LogP contribution in [0.5, 0.6) is 5.75 Å². The average molecular weight is 496 g/mol. The van der Waals surface area contributed by atoms with E-state index in [1.165, 1.54) is 29.2 Å². The summed E-state index contributed by atoms with van der Waals surface area (Å²) in [5, 5.41) is 13.3. The molecule has 0 fully saturated rings. The number of nitriles is 1. The fourth-order valence-electron chi connectivity index (χ4n) is 2.90. The Morgan fingerprint density at radius 1 is 1.30 bits per heavy atom. The summed E-state index contributed by atoms with van der Waals surface area (Å²) in [5.74, 6) is 0.663. The standard InChI is InChI=1S/C24H18ClN3O3S2/c1-3-30-17-6-8-20-21(12-17)32-24(28-20)33-22-9-7-18(31-22)10-15(13-26)23(29)27-16-5-4-14(2)19(25)11-16/h4-12H,3H2,1-2H3,(H,27,29)/b15-10+. The summed E-state index contributed by atoms with van der Waals surface area (Å²) in [6.07, 6.45) is 1.40. The number of ether oxygens (including phenoxy) is 1. The summed E-state index contributed by atoms with van der Waals surface area (Å²) in [6, 6.07) is 16.4. The third kappa shape index (κ3) is 5.57. The molecule has 166 valence electrons. The van der Waals surface area contributed by atoms with Gasteiger partial charge in [-0.05, 0) is 73.6 Å². The number of anilines is 1. The van der Waals surface area contributed by atoms with E-state index < -0.39 is 5.91 Å². The molecule has 0 saturated heterocycles. The van der Waals surface area contributed by atoms with Gasteiger partial charge in [-0.2, -0.15) is 5.26 Å². The Kier molecular flexibility index (Phi) is 7.04. The molecule has 0 aliphatic rings. The number of rotatable bonds is 7. The first-order chi connectivity index (χ1) is 15.9. The first-order valence-electron chi connectivity index (χ1n) is 9.95. The number of aryl methyl sites for hydroxylation is 1. The Morgan fingerprint density at radius 3 is 2.91 bits per heavy atom. The molecule has 2 heterocycles. The Labute approximate surface area is 203 Å². The number of carbonyl (C=O) groups excluding carboxylic acids is 1. The van der Waals surface area contributed by atoms with Crippen molar-refractivity contribution in [2.45, 2.75) is 23.3 Å². The predicted molar refractivity (Wildman–Crippen MR) is 132 cm³/mol. The molecule has 1 amide bonds. The Morgan fingerprint density at radius 2 is 2.15 bits per heavy atom.